The van der Waals surface area contributed by atoms with Gasteiger partial charge in [0, 0.05) is 38.2 Å². The van der Waals surface area contributed by atoms with E-state index in [1.54, 1.807) is 17.0 Å². The molecule has 8 nitrogen and oxygen atoms in total. The Hall–Kier alpha value is -3.75. The standard InChI is InChI=1S/C26H27FN4O4/c1-17(32)19-6-7-22(21(27)14-19)29-10-12-30(13-11-29)23(33)16-31-24(34)26(28-25(31)35)9-8-18-4-2-3-5-20(18)15-26/h2-7,14H,8-13,15-16H2,1H3,(H,28,35). The number of carbonyl (C=O) groups excluding carboxylic acids is 4. The van der Waals surface area contributed by atoms with Crippen LogP contribution in [-0.2, 0) is 22.4 Å². The van der Waals surface area contributed by atoms with Gasteiger partial charge in [-0.3, -0.25) is 19.3 Å². The third-order valence-corrected chi connectivity index (χ3v) is 7.30. The molecule has 2 saturated heterocycles. The molecule has 2 fully saturated rings. The molecule has 2 aromatic carbocycles. The van der Waals surface area contributed by atoms with Gasteiger partial charge in [-0.2, -0.15) is 0 Å². The van der Waals surface area contributed by atoms with Crippen LogP contribution in [0, 0.1) is 5.82 Å². The van der Waals surface area contributed by atoms with Crippen LogP contribution in [0.15, 0.2) is 42.5 Å². The SMILES string of the molecule is CC(=O)c1ccc(N2CCN(C(=O)CN3C(=O)NC4(CCc5ccccc5C4)C3=O)CC2)c(F)c1. The zero-order chi connectivity index (χ0) is 24.7. The number of imide groups is 1. The highest BCUT2D eigenvalue weighted by Crippen LogP contribution is 2.33. The number of benzene rings is 2. The molecule has 2 aromatic rings. The van der Waals surface area contributed by atoms with Crippen LogP contribution in [-0.4, -0.2) is 71.7 Å². The highest BCUT2D eigenvalue weighted by Gasteiger charge is 2.52. The van der Waals surface area contributed by atoms with Crippen LogP contribution in [0.25, 0.3) is 0 Å². The summed E-state index contributed by atoms with van der Waals surface area (Å²) in [7, 11) is 0. The first kappa shape index (κ1) is 23.0. The van der Waals surface area contributed by atoms with Crippen molar-refractivity contribution in [3.05, 3.63) is 65.0 Å². The van der Waals surface area contributed by atoms with Gasteiger partial charge in [-0.25, -0.2) is 9.18 Å². The van der Waals surface area contributed by atoms with Gasteiger partial charge in [-0.15, -0.1) is 0 Å². The maximum atomic E-state index is 14.5. The van der Waals surface area contributed by atoms with Gasteiger partial charge in [0.25, 0.3) is 5.91 Å². The lowest BCUT2D eigenvalue weighted by molar-refractivity contribution is -0.139. The number of nitrogens with one attached hydrogen (secondary N) is 1. The predicted molar refractivity (Wildman–Crippen MR) is 127 cm³/mol. The molecule has 1 atom stereocenters. The zero-order valence-electron chi connectivity index (χ0n) is 19.6. The average molecular weight is 479 g/mol. The molecule has 0 radical (unpaired) electrons. The monoisotopic (exact) mass is 478 g/mol. The van der Waals surface area contributed by atoms with Crippen LogP contribution in [0.2, 0.25) is 0 Å². The molecule has 1 unspecified atom stereocenters. The Kier molecular flexibility index (Phi) is 5.78. The first-order valence-electron chi connectivity index (χ1n) is 11.8. The highest BCUT2D eigenvalue weighted by atomic mass is 19.1. The minimum Gasteiger partial charge on any atom is -0.366 e. The number of ketones is 1. The minimum atomic E-state index is -0.992. The van der Waals surface area contributed by atoms with Crippen molar-refractivity contribution < 1.29 is 23.6 Å². The maximum Gasteiger partial charge on any atom is 0.325 e. The van der Waals surface area contributed by atoms with Crippen molar-refractivity contribution >= 4 is 29.3 Å². The third-order valence-electron chi connectivity index (χ3n) is 7.30. The molecule has 1 aliphatic carbocycles. The van der Waals surface area contributed by atoms with E-state index in [1.165, 1.54) is 18.6 Å². The first-order valence-corrected chi connectivity index (χ1v) is 11.8. The maximum absolute atomic E-state index is 14.5. The Bertz CT molecular complexity index is 1220. The van der Waals surface area contributed by atoms with Crippen LogP contribution in [0.3, 0.4) is 0 Å². The van der Waals surface area contributed by atoms with Gasteiger partial charge in [0.2, 0.25) is 5.91 Å². The number of hydrogen-bond acceptors (Lipinski definition) is 5. The van der Waals surface area contributed by atoms with E-state index in [9.17, 15) is 23.6 Å². The van der Waals surface area contributed by atoms with E-state index in [-0.39, 0.29) is 24.1 Å². The summed E-state index contributed by atoms with van der Waals surface area (Å²) < 4.78 is 14.5. The first-order chi connectivity index (χ1) is 16.8. The lowest BCUT2D eigenvalue weighted by Crippen LogP contribution is -2.53. The van der Waals surface area contributed by atoms with E-state index in [0.29, 0.717) is 56.7 Å². The number of hydrogen-bond donors (Lipinski definition) is 1. The van der Waals surface area contributed by atoms with E-state index >= 15 is 0 Å². The topological polar surface area (TPSA) is 90.0 Å². The smallest absolute Gasteiger partial charge is 0.325 e. The predicted octanol–water partition coefficient (Wildman–Crippen LogP) is 2.16. The number of piperazine rings is 1. The molecule has 5 rings (SSSR count). The summed E-state index contributed by atoms with van der Waals surface area (Å²) in [6.45, 7) is 2.57. The van der Waals surface area contributed by atoms with Crippen molar-refractivity contribution in [2.45, 2.75) is 31.7 Å². The lowest BCUT2D eigenvalue weighted by Gasteiger charge is -2.36. The molecule has 4 amide bonds. The number of amides is 4. The van der Waals surface area contributed by atoms with Crippen LogP contribution in [0.5, 0.6) is 0 Å². The molecule has 1 spiro atoms. The summed E-state index contributed by atoms with van der Waals surface area (Å²) in [5.74, 6) is -1.34. The molecule has 2 heterocycles. The summed E-state index contributed by atoms with van der Waals surface area (Å²) in [6.07, 6.45) is 1.62. The van der Waals surface area contributed by atoms with Crippen molar-refractivity contribution in [2.24, 2.45) is 0 Å². The fourth-order valence-electron chi connectivity index (χ4n) is 5.26. The molecule has 2 aliphatic heterocycles. The van der Waals surface area contributed by atoms with Gasteiger partial charge >= 0.3 is 6.03 Å². The van der Waals surface area contributed by atoms with Gasteiger partial charge in [0.15, 0.2) is 5.78 Å². The number of Topliss-reactive ketones (excluding diaryl/α,β-unsaturated/α-hetero) is 1. The Morgan fingerprint density at radius 2 is 1.74 bits per heavy atom. The van der Waals surface area contributed by atoms with Gasteiger partial charge in [0.1, 0.15) is 17.9 Å². The lowest BCUT2D eigenvalue weighted by atomic mass is 9.78. The Morgan fingerprint density at radius 3 is 2.43 bits per heavy atom. The molecule has 0 aromatic heterocycles. The summed E-state index contributed by atoms with van der Waals surface area (Å²) in [4.78, 5) is 54.8. The Morgan fingerprint density at radius 1 is 1.03 bits per heavy atom. The van der Waals surface area contributed by atoms with Gasteiger partial charge in [-0.05, 0) is 49.1 Å². The fraction of sp³-hybridized carbons (Fsp3) is 0.385. The Labute approximate surface area is 202 Å². The molecule has 0 saturated carbocycles. The number of carbonyl (C=O) groups is 4. The van der Waals surface area contributed by atoms with Gasteiger partial charge in [0.05, 0.1) is 5.69 Å². The second-order valence-electron chi connectivity index (χ2n) is 9.44. The second kappa shape index (κ2) is 8.79. The fourth-order valence-corrected chi connectivity index (χ4v) is 5.26. The number of urea groups is 1. The molecular formula is C26H27FN4O4. The quantitative estimate of drug-likeness (QED) is 0.537. The van der Waals surface area contributed by atoms with Crippen molar-refractivity contribution in [3.8, 4) is 0 Å². The highest BCUT2D eigenvalue weighted by molar-refractivity contribution is 6.09. The van der Waals surface area contributed by atoms with Crippen molar-refractivity contribution in [3.63, 3.8) is 0 Å². The summed E-state index contributed by atoms with van der Waals surface area (Å²) in [6, 6.07) is 11.8. The molecule has 1 N–H and O–H groups in total. The average Bonchev–Trinajstić information content (AvgIpc) is 3.07. The number of rotatable bonds is 4. The van der Waals surface area contributed by atoms with E-state index in [0.717, 1.165) is 10.5 Å². The van der Waals surface area contributed by atoms with Crippen LogP contribution in [0.4, 0.5) is 14.9 Å². The second-order valence-corrected chi connectivity index (χ2v) is 9.44. The van der Waals surface area contributed by atoms with E-state index in [4.69, 9.17) is 0 Å². The number of aryl methyl sites for hydroxylation is 1. The summed E-state index contributed by atoms with van der Waals surface area (Å²) in [5, 5.41) is 2.86. The molecule has 9 heteroatoms. The van der Waals surface area contributed by atoms with E-state index in [1.807, 2.05) is 29.2 Å². The molecule has 35 heavy (non-hydrogen) atoms. The molecular weight excluding hydrogens is 451 g/mol. The van der Waals surface area contributed by atoms with Gasteiger partial charge in [-0.1, -0.05) is 24.3 Å². The van der Waals surface area contributed by atoms with Gasteiger partial charge < -0.3 is 15.1 Å². The number of anilines is 1. The molecule has 3 aliphatic rings. The van der Waals surface area contributed by atoms with E-state index < -0.39 is 17.4 Å². The summed E-state index contributed by atoms with van der Waals surface area (Å²) in [5.41, 5.74) is 1.93. The van der Waals surface area contributed by atoms with E-state index in [2.05, 4.69) is 5.32 Å². The van der Waals surface area contributed by atoms with Crippen molar-refractivity contribution in [1.82, 2.24) is 15.1 Å². The summed E-state index contributed by atoms with van der Waals surface area (Å²) >= 11 is 0. The normalized spacial score (nSPS) is 21.8. The van der Waals surface area contributed by atoms with Crippen molar-refractivity contribution in [1.29, 1.82) is 0 Å². The van der Waals surface area contributed by atoms with Crippen LogP contribution >= 0.6 is 0 Å². The number of nitrogens with zero attached hydrogens (tertiary/aromatic N) is 3. The zero-order valence-corrected chi connectivity index (χ0v) is 19.6. The molecule has 182 valence electrons. The molecule has 0 bridgehead atoms. The van der Waals surface area contributed by atoms with Crippen molar-refractivity contribution in [2.75, 3.05) is 37.6 Å². The minimum absolute atomic E-state index is 0.203. The Balaban J connectivity index is 1.21. The number of halogens is 1. The van der Waals surface area contributed by atoms with Crippen LogP contribution < -0.4 is 10.2 Å². The third kappa shape index (κ3) is 4.15. The number of fused-ring (bicyclic) bond motifs is 1. The van der Waals surface area contributed by atoms with Crippen LogP contribution in [0.1, 0.15) is 34.8 Å². The largest absolute Gasteiger partial charge is 0.366 e.